The molecule has 1 unspecified atom stereocenters. The topological polar surface area (TPSA) is 118 Å². The van der Waals surface area contributed by atoms with E-state index in [1.807, 2.05) is 30.3 Å². The number of benzene rings is 2. The number of hydrogen-bond acceptors (Lipinski definition) is 5. The number of carboxylic acid groups (broad SMARTS) is 1. The molecule has 1 atom stereocenters. The summed E-state index contributed by atoms with van der Waals surface area (Å²) in [6.07, 6.45) is 0.308. The molecule has 0 radical (unpaired) electrons. The van der Waals surface area contributed by atoms with Crippen LogP contribution in [0.15, 0.2) is 59.4 Å². The SMILES string of the molecule is CC(=O)C(Cc1ccccc1)NC(=O)Cn1nc(C(=O)O)c2ccccc2c1=O. The van der Waals surface area contributed by atoms with E-state index in [1.165, 1.54) is 19.1 Å². The molecule has 0 saturated heterocycles. The minimum atomic E-state index is -1.30. The van der Waals surface area contributed by atoms with Gasteiger partial charge in [0, 0.05) is 5.39 Å². The molecule has 0 aliphatic carbocycles. The van der Waals surface area contributed by atoms with Crippen LogP contribution in [0, 0.1) is 0 Å². The molecule has 0 bridgehead atoms. The molecule has 1 aromatic heterocycles. The van der Waals surface area contributed by atoms with Gasteiger partial charge in [-0.15, -0.1) is 0 Å². The first-order valence-electron chi connectivity index (χ1n) is 8.93. The van der Waals surface area contributed by atoms with Crippen LogP contribution in [0.1, 0.15) is 23.0 Å². The molecule has 29 heavy (non-hydrogen) atoms. The highest BCUT2D eigenvalue weighted by atomic mass is 16.4. The van der Waals surface area contributed by atoms with Crippen molar-refractivity contribution in [3.8, 4) is 0 Å². The van der Waals surface area contributed by atoms with Crippen LogP contribution in [0.5, 0.6) is 0 Å². The largest absolute Gasteiger partial charge is 0.476 e. The lowest BCUT2D eigenvalue weighted by molar-refractivity contribution is -0.127. The van der Waals surface area contributed by atoms with Gasteiger partial charge in [-0.1, -0.05) is 48.5 Å². The molecule has 0 spiro atoms. The minimum Gasteiger partial charge on any atom is -0.476 e. The van der Waals surface area contributed by atoms with Crippen LogP contribution in [0.25, 0.3) is 10.8 Å². The number of amides is 1. The summed E-state index contributed by atoms with van der Waals surface area (Å²) in [5, 5.41) is 16.2. The predicted molar refractivity (Wildman–Crippen MR) is 106 cm³/mol. The Bertz CT molecular complexity index is 1140. The molecule has 2 N–H and O–H groups in total. The third-order valence-corrected chi connectivity index (χ3v) is 4.47. The van der Waals surface area contributed by atoms with Gasteiger partial charge in [0.1, 0.15) is 6.54 Å². The number of fused-ring (bicyclic) bond motifs is 1. The number of rotatable bonds is 7. The fourth-order valence-corrected chi connectivity index (χ4v) is 3.02. The molecule has 1 heterocycles. The number of nitrogens with zero attached hydrogens (tertiary/aromatic N) is 2. The number of ketones is 1. The zero-order valence-electron chi connectivity index (χ0n) is 15.7. The molecule has 3 aromatic rings. The third-order valence-electron chi connectivity index (χ3n) is 4.47. The molecule has 148 valence electrons. The Morgan fingerprint density at radius 1 is 1.03 bits per heavy atom. The van der Waals surface area contributed by atoms with E-state index >= 15 is 0 Å². The average Bonchev–Trinajstić information content (AvgIpc) is 2.70. The van der Waals surface area contributed by atoms with E-state index in [0.29, 0.717) is 6.42 Å². The first-order valence-corrected chi connectivity index (χ1v) is 8.93. The van der Waals surface area contributed by atoms with Crippen molar-refractivity contribution in [3.05, 3.63) is 76.2 Å². The minimum absolute atomic E-state index is 0.153. The van der Waals surface area contributed by atoms with E-state index in [2.05, 4.69) is 10.4 Å². The summed E-state index contributed by atoms with van der Waals surface area (Å²) < 4.78 is 0.806. The van der Waals surface area contributed by atoms with Crippen LogP contribution < -0.4 is 10.9 Å². The molecular weight excluding hydrogens is 374 g/mol. The van der Waals surface area contributed by atoms with E-state index in [0.717, 1.165) is 10.2 Å². The summed E-state index contributed by atoms with van der Waals surface area (Å²) in [7, 11) is 0. The lowest BCUT2D eigenvalue weighted by Gasteiger charge is -2.16. The van der Waals surface area contributed by atoms with E-state index < -0.39 is 30.0 Å². The third kappa shape index (κ3) is 4.55. The van der Waals surface area contributed by atoms with Gasteiger partial charge in [-0.25, -0.2) is 9.48 Å². The lowest BCUT2D eigenvalue weighted by Crippen LogP contribution is -2.44. The van der Waals surface area contributed by atoms with Crippen molar-refractivity contribution >= 4 is 28.4 Å². The molecule has 0 aliphatic heterocycles. The first kappa shape index (κ1) is 19.9. The van der Waals surface area contributed by atoms with E-state index in [-0.39, 0.29) is 22.2 Å². The quantitative estimate of drug-likeness (QED) is 0.627. The number of nitrogens with one attached hydrogen (secondary N) is 1. The average molecular weight is 393 g/mol. The lowest BCUT2D eigenvalue weighted by atomic mass is 10.0. The van der Waals surface area contributed by atoms with Crippen molar-refractivity contribution in [1.82, 2.24) is 15.1 Å². The summed E-state index contributed by atoms with van der Waals surface area (Å²) >= 11 is 0. The number of carbonyl (C=O) groups is 3. The van der Waals surface area contributed by atoms with Gasteiger partial charge in [-0.2, -0.15) is 5.10 Å². The van der Waals surface area contributed by atoms with Crippen molar-refractivity contribution in [3.63, 3.8) is 0 Å². The Labute approximate surface area is 165 Å². The van der Waals surface area contributed by atoms with E-state index in [1.54, 1.807) is 12.1 Å². The molecule has 3 rings (SSSR count). The van der Waals surface area contributed by atoms with Crippen LogP contribution in [0.2, 0.25) is 0 Å². The van der Waals surface area contributed by atoms with Crippen molar-refractivity contribution in [2.24, 2.45) is 0 Å². The Balaban J connectivity index is 1.85. The summed E-state index contributed by atoms with van der Waals surface area (Å²) in [6, 6.07) is 14.6. The second kappa shape index (κ2) is 8.47. The molecule has 8 heteroatoms. The van der Waals surface area contributed by atoms with Crippen LogP contribution in [0.3, 0.4) is 0 Å². The van der Waals surface area contributed by atoms with E-state index in [9.17, 15) is 24.3 Å². The predicted octanol–water partition coefficient (Wildman–Crippen LogP) is 1.41. The zero-order chi connectivity index (χ0) is 21.0. The van der Waals surface area contributed by atoms with Crippen LogP contribution in [-0.2, 0) is 22.6 Å². The van der Waals surface area contributed by atoms with Gasteiger partial charge in [0.25, 0.3) is 5.56 Å². The summed E-state index contributed by atoms with van der Waals surface area (Å²) in [4.78, 5) is 48.5. The van der Waals surface area contributed by atoms with E-state index in [4.69, 9.17) is 0 Å². The van der Waals surface area contributed by atoms with Gasteiger partial charge in [-0.05, 0) is 25.0 Å². The van der Waals surface area contributed by atoms with Crippen molar-refractivity contribution < 1.29 is 19.5 Å². The smallest absolute Gasteiger partial charge is 0.357 e. The van der Waals surface area contributed by atoms with Gasteiger partial charge in [-0.3, -0.25) is 14.4 Å². The zero-order valence-corrected chi connectivity index (χ0v) is 15.7. The second-order valence-corrected chi connectivity index (χ2v) is 6.58. The second-order valence-electron chi connectivity index (χ2n) is 6.58. The van der Waals surface area contributed by atoms with Crippen molar-refractivity contribution in [2.45, 2.75) is 25.9 Å². The maximum Gasteiger partial charge on any atom is 0.357 e. The fourth-order valence-electron chi connectivity index (χ4n) is 3.02. The molecular formula is C21H19N3O5. The number of Topliss-reactive ketones (excluding diaryl/α,β-unsaturated/α-hetero) is 1. The Kier molecular flexibility index (Phi) is 5.82. The Morgan fingerprint density at radius 3 is 2.28 bits per heavy atom. The number of aromatic carboxylic acids is 1. The molecule has 0 aliphatic rings. The Hall–Kier alpha value is -3.81. The molecule has 1 amide bonds. The van der Waals surface area contributed by atoms with Crippen LogP contribution >= 0.6 is 0 Å². The van der Waals surface area contributed by atoms with Crippen LogP contribution in [0.4, 0.5) is 0 Å². The molecule has 2 aromatic carbocycles. The molecule has 0 saturated carbocycles. The maximum absolute atomic E-state index is 12.6. The number of aromatic nitrogens is 2. The standard InChI is InChI=1S/C21H19N3O5/c1-13(25)17(11-14-7-3-2-4-8-14)22-18(26)12-24-20(27)16-10-6-5-9-15(16)19(23-24)21(28)29/h2-10,17H,11-12H2,1H3,(H,22,26)(H,28,29). The van der Waals surface area contributed by atoms with Gasteiger partial charge in [0.15, 0.2) is 11.5 Å². The van der Waals surface area contributed by atoms with Gasteiger partial charge in [0.05, 0.1) is 11.4 Å². The summed E-state index contributed by atoms with van der Waals surface area (Å²) in [5.41, 5.74) is -0.0225. The number of carboxylic acids is 1. The number of carbonyl (C=O) groups excluding carboxylic acids is 2. The maximum atomic E-state index is 12.6. The fraction of sp³-hybridized carbons (Fsp3) is 0.190. The summed E-state index contributed by atoms with van der Waals surface area (Å²) in [5.74, 6) is -2.14. The van der Waals surface area contributed by atoms with Crippen LogP contribution in [-0.4, -0.2) is 38.6 Å². The molecule has 0 fully saturated rings. The molecule has 8 nitrogen and oxygen atoms in total. The number of hydrogen-bond donors (Lipinski definition) is 2. The van der Waals surface area contributed by atoms with Gasteiger partial charge >= 0.3 is 5.97 Å². The highest BCUT2D eigenvalue weighted by molar-refractivity contribution is 6.01. The monoisotopic (exact) mass is 393 g/mol. The summed E-state index contributed by atoms with van der Waals surface area (Å²) in [6.45, 7) is 0.874. The van der Waals surface area contributed by atoms with Gasteiger partial charge in [0.2, 0.25) is 5.91 Å². The first-order chi connectivity index (χ1) is 13.9. The van der Waals surface area contributed by atoms with Gasteiger partial charge < -0.3 is 10.4 Å². The highest BCUT2D eigenvalue weighted by Gasteiger charge is 2.20. The Morgan fingerprint density at radius 2 is 1.66 bits per heavy atom. The normalized spacial score (nSPS) is 11.8. The van der Waals surface area contributed by atoms with Crippen molar-refractivity contribution in [2.75, 3.05) is 0 Å². The van der Waals surface area contributed by atoms with Crippen molar-refractivity contribution in [1.29, 1.82) is 0 Å². The highest BCUT2D eigenvalue weighted by Crippen LogP contribution is 2.13.